The molecule has 1 atom stereocenters. The van der Waals surface area contributed by atoms with E-state index in [1.54, 1.807) is 6.26 Å². The van der Waals surface area contributed by atoms with E-state index in [2.05, 4.69) is 37.4 Å². The number of furan rings is 2. The zero-order valence-electron chi connectivity index (χ0n) is 12.1. The molecule has 1 aromatic carbocycles. The minimum absolute atomic E-state index is 0.0338. The average molecular weight is 269 g/mol. The summed E-state index contributed by atoms with van der Waals surface area (Å²) in [4.78, 5) is 0. The molecule has 0 spiro atoms. The third-order valence-electron chi connectivity index (χ3n) is 3.59. The SMILES string of the molecule is CCNC(c1cc2cc(C)ccc2o1)c1ccoc1C. The molecule has 0 saturated carbocycles. The highest BCUT2D eigenvalue weighted by molar-refractivity contribution is 5.79. The van der Waals surface area contributed by atoms with Crippen molar-refractivity contribution in [1.29, 1.82) is 0 Å². The van der Waals surface area contributed by atoms with Gasteiger partial charge in [-0.2, -0.15) is 0 Å². The Kier molecular flexibility index (Phi) is 3.36. The zero-order chi connectivity index (χ0) is 14.1. The van der Waals surface area contributed by atoms with Crippen molar-refractivity contribution in [3.63, 3.8) is 0 Å². The number of nitrogens with one attached hydrogen (secondary N) is 1. The van der Waals surface area contributed by atoms with Gasteiger partial charge in [0, 0.05) is 10.9 Å². The van der Waals surface area contributed by atoms with Crippen LogP contribution >= 0.6 is 0 Å². The van der Waals surface area contributed by atoms with Gasteiger partial charge in [0.2, 0.25) is 0 Å². The normalized spacial score (nSPS) is 12.9. The van der Waals surface area contributed by atoms with Crippen LogP contribution in [0.5, 0.6) is 0 Å². The molecule has 3 heteroatoms. The van der Waals surface area contributed by atoms with Crippen molar-refractivity contribution in [2.45, 2.75) is 26.8 Å². The Morgan fingerprint density at radius 3 is 2.70 bits per heavy atom. The lowest BCUT2D eigenvalue weighted by Crippen LogP contribution is -2.21. The number of aryl methyl sites for hydroxylation is 2. The Hall–Kier alpha value is -2.00. The second-order valence-corrected chi connectivity index (χ2v) is 5.11. The number of hydrogen-bond acceptors (Lipinski definition) is 3. The molecule has 0 aliphatic heterocycles. The maximum absolute atomic E-state index is 6.01. The van der Waals surface area contributed by atoms with E-state index in [9.17, 15) is 0 Å². The highest BCUT2D eigenvalue weighted by Crippen LogP contribution is 2.30. The van der Waals surface area contributed by atoms with Gasteiger partial charge < -0.3 is 14.2 Å². The highest BCUT2D eigenvalue weighted by Gasteiger charge is 2.20. The molecular formula is C17H19NO2. The van der Waals surface area contributed by atoms with Crippen LogP contribution in [0.1, 0.15) is 35.6 Å². The molecule has 2 aromatic heterocycles. The summed E-state index contributed by atoms with van der Waals surface area (Å²) in [5, 5.41) is 4.61. The third kappa shape index (κ3) is 2.25. The van der Waals surface area contributed by atoms with Crippen LogP contribution in [0.3, 0.4) is 0 Å². The van der Waals surface area contributed by atoms with Gasteiger partial charge in [-0.1, -0.05) is 18.6 Å². The van der Waals surface area contributed by atoms with Gasteiger partial charge in [-0.25, -0.2) is 0 Å². The molecule has 104 valence electrons. The van der Waals surface area contributed by atoms with Crippen molar-refractivity contribution in [1.82, 2.24) is 5.32 Å². The predicted molar refractivity (Wildman–Crippen MR) is 79.9 cm³/mol. The van der Waals surface area contributed by atoms with E-state index in [1.807, 2.05) is 19.1 Å². The number of benzene rings is 1. The summed E-state index contributed by atoms with van der Waals surface area (Å²) < 4.78 is 11.4. The Morgan fingerprint density at radius 1 is 1.15 bits per heavy atom. The second kappa shape index (κ2) is 5.17. The quantitative estimate of drug-likeness (QED) is 0.765. The Balaban J connectivity index is 2.07. The van der Waals surface area contributed by atoms with Crippen LogP contribution in [0.4, 0.5) is 0 Å². The highest BCUT2D eigenvalue weighted by atomic mass is 16.3. The fourth-order valence-electron chi connectivity index (χ4n) is 2.59. The lowest BCUT2D eigenvalue weighted by atomic mass is 10.0. The fraction of sp³-hybridized carbons (Fsp3) is 0.294. The summed E-state index contributed by atoms with van der Waals surface area (Å²) in [7, 11) is 0. The molecule has 0 bridgehead atoms. The molecule has 3 rings (SSSR count). The lowest BCUT2D eigenvalue weighted by Gasteiger charge is -2.14. The lowest BCUT2D eigenvalue weighted by molar-refractivity contribution is 0.465. The molecule has 0 amide bonds. The molecule has 3 nitrogen and oxygen atoms in total. The standard InChI is InChI=1S/C17H19NO2/c1-4-18-17(14-7-8-19-12(14)3)16-10-13-9-11(2)5-6-15(13)20-16/h5-10,17-18H,4H2,1-3H3. The summed E-state index contributed by atoms with van der Waals surface area (Å²) >= 11 is 0. The van der Waals surface area contributed by atoms with Gasteiger partial charge >= 0.3 is 0 Å². The van der Waals surface area contributed by atoms with Gasteiger partial charge in [0.15, 0.2) is 0 Å². The van der Waals surface area contributed by atoms with Crippen LogP contribution < -0.4 is 5.32 Å². The molecule has 2 heterocycles. The van der Waals surface area contributed by atoms with Crippen molar-refractivity contribution in [3.05, 3.63) is 59.2 Å². The van der Waals surface area contributed by atoms with E-state index in [0.29, 0.717) is 0 Å². The summed E-state index contributed by atoms with van der Waals surface area (Å²) in [6.45, 7) is 7.03. The van der Waals surface area contributed by atoms with Crippen molar-refractivity contribution < 1.29 is 8.83 Å². The first-order valence-corrected chi connectivity index (χ1v) is 6.96. The molecule has 1 N–H and O–H groups in total. The zero-order valence-corrected chi connectivity index (χ0v) is 12.1. The molecule has 0 saturated heterocycles. The van der Waals surface area contributed by atoms with Gasteiger partial charge in [-0.15, -0.1) is 0 Å². The van der Waals surface area contributed by atoms with Crippen LogP contribution in [0.15, 0.2) is 45.4 Å². The monoisotopic (exact) mass is 269 g/mol. The molecule has 0 fully saturated rings. The molecule has 3 aromatic rings. The smallest absolute Gasteiger partial charge is 0.134 e. The maximum Gasteiger partial charge on any atom is 0.134 e. The number of hydrogen-bond donors (Lipinski definition) is 1. The largest absolute Gasteiger partial charge is 0.469 e. The average Bonchev–Trinajstić information content (AvgIpc) is 3.01. The minimum Gasteiger partial charge on any atom is -0.469 e. The molecule has 1 unspecified atom stereocenters. The molecule has 20 heavy (non-hydrogen) atoms. The molecule has 0 radical (unpaired) electrons. The molecular weight excluding hydrogens is 250 g/mol. The van der Waals surface area contributed by atoms with Gasteiger partial charge in [0.1, 0.15) is 17.1 Å². The summed E-state index contributed by atoms with van der Waals surface area (Å²) in [5.41, 5.74) is 3.29. The van der Waals surface area contributed by atoms with Crippen LogP contribution in [0, 0.1) is 13.8 Å². The predicted octanol–water partition coefficient (Wildman–Crippen LogP) is 4.34. The van der Waals surface area contributed by atoms with Gasteiger partial charge in [0.25, 0.3) is 0 Å². The molecule has 0 aliphatic rings. The molecule has 0 aliphatic carbocycles. The van der Waals surface area contributed by atoms with E-state index < -0.39 is 0 Å². The maximum atomic E-state index is 6.01. The first-order chi connectivity index (χ1) is 9.69. The van der Waals surface area contributed by atoms with E-state index >= 15 is 0 Å². The van der Waals surface area contributed by atoms with Crippen molar-refractivity contribution in [2.24, 2.45) is 0 Å². The van der Waals surface area contributed by atoms with Crippen LogP contribution in [-0.4, -0.2) is 6.54 Å². The summed E-state index contributed by atoms with van der Waals surface area (Å²) in [5.74, 6) is 1.85. The second-order valence-electron chi connectivity index (χ2n) is 5.11. The van der Waals surface area contributed by atoms with Gasteiger partial charge in [-0.05, 0) is 44.7 Å². The topological polar surface area (TPSA) is 38.3 Å². The Labute approximate surface area is 118 Å². The summed E-state index contributed by atoms with van der Waals surface area (Å²) in [6, 6.07) is 10.4. The Bertz CT molecular complexity index is 724. The van der Waals surface area contributed by atoms with Crippen LogP contribution in [0.2, 0.25) is 0 Å². The fourth-order valence-corrected chi connectivity index (χ4v) is 2.59. The van der Waals surface area contributed by atoms with E-state index in [0.717, 1.165) is 34.6 Å². The number of fused-ring (bicyclic) bond motifs is 1. The van der Waals surface area contributed by atoms with Crippen molar-refractivity contribution >= 4 is 11.0 Å². The first-order valence-electron chi connectivity index (χ1n) is 6.96. The van der Waals surface area contributed by atoms with E-state index in [1.165, 1.54) is 5.56 Å². The van der Waals surface area contributed by atoms with Crippen molar-refractivity contribution in [2.75, 3.05) is 6.54 Å². The van der Waals surface area contributed by atoms with Crippen LogP contribution in [0.25, 0.3) is 11.0 Å². The Morgan fingerprint density at radius 2 is 2.00 bits per heavy atom. The van der Waals surface area contributed by atoms with Crippen molar-refractivity contribution in [3.8, 4) is 0 Å². The summed E-state index contributed by atoms with van der Waals surface area (Å²) in [6.07, 6.45) is 1.72. The van der Waals surface area contributed by atoms with E-state index in [4.69, 9.17) is 8.83 Å². The first kappa shape index (κ1) is 13.0. The van der Waals surface area contributed by atoms with Gasteiger partial charge in [0.05, 0.1) is 12.3 Å². The van der Waals surface area contributed by atoms with Gasteiger partial charge in [-0.3, -0.25) is 0 Å². The van der Waals surface area contributed by atoms with E-state index in [-0.39, 0.29) is 6.04 Å². The minimum atomic E-state index is 0.0338. The van der Waals surface area contributed by atoms with Crippen LogP contribution in [-0.2, 0) is 0 Å². The number of rotatable bonds is 4. The third-order valence-corrected chi connectivity index (χ3v) is 3.59.